The summed E-state index contributed by atoms with van der Waals surface area (Å²) in [4.78, 5) is 17.6. The number of ether oxygens (including phenoxy) is 2. The Morgan fingerprint density at radius 1 is 1.26 bits per heavy atom. The third-order valence-corrected chi connectivity index (χ3v) is 5.49. The highest BCUT2D eigenvalue weighted by Gasteiger charge is 2.13. The number of hydrogen-bond donors (Lipinski definition) is 1. The molecule has 0 aliphatic heterocycles. The van der Waals surface area contributed by atoms with E-state index in [0.717, 1.165) is 15.4 Å². The van der Waals surface area contributed by atoms with Crippen LogP contribution in [0.25, 0.3) is 9.88 Å². The van der Waals surface area contributed by atoms with E-state index in [0.29, 0.717) is 18.7 Å². The van der Waals surface area contributed by atoms with Gasteiger partial charge in [0, 0.05) is 11.9 Å². The standard InChI is InChI=1S/C18H16F2N2O3S2/c1-24-13-5-4-11(9-14(13)25-18(19)20)6-7-21-16(23)12-10-27-17(22-12)15-3-2-8-26-15/h2-5,8-10,18H,6-7H2,1H3,(H,21,23). The van der Waals surface area contributed by atoms with E-state index in [-0.39, 0.29) is 17.4 Å². The molecular formula is C18H16F2N2O3S2. The molecule has 9 heteroatoms. The van der Waals surface area contributed by atoms with Crippen LogP contribution in [-0.4, -0.2) is 31.2 Å². The lowest BCUT2D eigenvalue weighted by atomic mass is 10.1. The molecule has 0 radical (unpaired) electrons. The fourth-order valence-corrected chi connectivity index (χ4v) is 3.98. The second-order valence-electron chi connectivity index (χ2n) is 5.38. The Bertz CT molecular complexity index is 898. The Balaban J connectivity index is 1.57. The van der Waals surface area contributed by atoms with Crippen molar-refractivity contribution in [3.8, 4) is 21.4 Å². The van der Waals surface area contributed by atoms with E-state index in [1.807, 2.05) is 17.5 Å². The van der Waals surface area contributed by atoms with Crippen molar-refractivity contribution in [2.75, 3.05) is 13.7 Å². The van der Waals surface area contributed by atoms with Crippen molar-refractivity contribution in [3.63, 3.8) is 0 Å². The number of nitrogens with one attached hydrogen (secondary N) is 1. The van der Waals surface area contributed by atoms with Crippen LogP contribution in [-0.2, 0) is 6.42 Å². The molecule has 1 N–H and O–H groups in total. The van der Waals surface area contributed by atoms with E-state index in [1.165, 1.54) is 24.5 Å². The minimum Gasteiger partial charge on any atom is -0.493 e. The highest BCUT2D eigenvalue weighted by Crippen LogP contribution is 2.30. The first-order chi connectivity index (χ1) is 13.1. The minimum atomic E-state index is -2.93. The van der Waals surface area contributed by atoms with Crippen LogP contribution in [0.5, 0.6) is 11.5 Å². The molecule has 0 bridgehead atoms. The predicted octanol–water partition coefficient (Wildman–Crippen LogP) is 4.45. The molecule has 3 rings (SSSR count). The van der Waals surface area contributed by atoms with Gasteiger partial charge in [-0.25, -0.2) is 4.98 Å². The molecule has 0 saturated heterocycles. The van der Waals surface area contributed by atoms with Gasteiger partial charge in [-0.05, 0) is 35.6 Å². The zero-order chi connectivity index (χ0) is 19.2. The van der Waals surface area contributed by atoms with Gasteiger partial charge in [0.2, 0.25) is 0 Å². The predicted molar refractivity (Wildman–Crippen MR) is 101 cm³/mol. The monoisotopic (exact) mass is 410 g/mol. The average Bonchev–Trinajstić information content (AvgIpc) is 3.33. The van der Waals surface area contributed by atoms with Crippen molar-refractivity contribution < 1.29 is 23.0 Å². The lowest BCUT2D eigenvalue weighted by Gasteiger charge is -2.11. The van der Waals surface area contributed by atoms with Crippen LogP contribution in [0.1, 0.15) is 16.1 Å². The van der Waals surface area contributed by atoms with Gasteiger partial charge in [0.15, 0.2) is 11.5 Å². The first-order valence-electron chi connectivity index (χ1n) is 7.96. The topological polar surface area (TPSA) is 60.5 Å². The van der Waals surface area contributed by atoms with Crippen molar-refractivity contribution in [3.05, 3.63) is 52.3 Å². The molecule has 142 valence electrons. The van der Waals surface area contributed by atoms with Crippen LogP contribution in [0.3, 0.4) is 0 Å². The van der Waals surface area contributed by atoms with E-state index < -0.39 is 6.61 Å². The SMILES string of the molecule is COc1ccc(CCNC(=O)c2csc(-c3cccs3)n2)cc1OC(F)F. The first-order valence-corrected chi connectivity index (χ1v) is 9.72. The molecule has 0 unspecified atom stereocenters. The third-order valence-electron chi connectivity index (χ3n) is 3.61. The zero-order valence-corrected chi connectivity index (χ0v) is 15.9. The number of alkyl halides is 2. The van der Waals surface area contributed by atoms with Crippen molar-refractivity contribution in [2.24, 2.45) is 0 Å². The molecule has 5 nitrogen and oxygen atoms in total. The molecule has 0 aliphatic rings. The van der Waals surface area contributed by atoms with Gasteiger partial charge in [0.05, 0.1) is 12.0 Å². The summed E-state index contributed by atoms with van der Waals surface area (Å²) >= 11 is 2.98. The van der Waals surface area contributed by atoms with E-state index in [9.17, 15) is 13.6 Å². The van der Waals surface area contributed by atoms with E-state index in [1.54, 1.807) is 28.8 Å². The number of rotatable bonds is 8. The molecule has 3 aromatic rings. The summed E-state index contributed by atoms with van der Waals surface area (Å²) in [5.41, 5.74) is 1.10. The number of thiophene rings is 1. The minimum absolute atomic E-state index is 0.0311. The fourth-order valence-electron chi connectivity index (χ4n) is 2.37. The van der Waals surface area contributed by atoms with Crippen LogP contribution < -0.4 is 14.8 Å². The number of carbonyl (C=O) groups is 1. The van der Waals surface area contributed by atoms with Crippen LogP contribution in [0, 0.1) is 0 Å². The van der Waals surface area contributed by atoms with Crippen LogP contribution in [0.4, 0.5) is 8.78 Å². The molecule has 2 aromatic heterocycles. The molecule has 27 heavy (non-hydrogen) atoms. The molecule has 0 aliphatic carbocycles. The van der Waals surface area contributed by atoms with Gasteiger partial charge in [-0.15, -0.1) is 22.7 Å². The lowest BCUT2D eigenvalue weighted by Crippen LogP contribution is -2.26. The van der Waals surface area contributed by atoms with Gasteiger partial charge >= 0.3 is 6.61 Å². The van der Waals surface area contributed by atoms with Crippen LogP contribution >= 0.6 is 22.7 Å². The van der Waals surface area contributed by atoms with Crippen molar-refractivity contribution in [2.45, 2.75) is 13.0 Å². The Hall–Kier alpha value is -2.52. The number of aromatic nitrogens is 1. The van der Waals surface area contributed by atoms with Gasteiger partial charge < -0.3 is 14.8 Å². The largest absolute Gasteiger partial charge is 0.493 e. The maximum absolute atomic E-state index is 12.5. The quantitative estimate of drug-likeness (QED) is 0.596. The second kappa shape index (κ2) is 8.92. The molecule has 1 aromatic carbocycles. The summed E-state index contributed by atoms with van der Waals surface area (Å²) in [6.07, 6.45) is 0.456. The fraction of sp³-hybridized carbons (Fsp3) is 0.222. The molecule has 0 spiro atoms. The summed E-state index contributed by atoms with van der Waals surface area (Å²) in [5, 5.41) is 7.26. The number of benzene rings is 1. The maximum atomic E-state index is 12.5. The summed E-state index contributed by atoms with van der Waals surface area (Å²) in [5.74, 6) is -0.0743. The van der Waals surface area contributed by atoms with Crippen molar-refractivity contribution in [1.29, 1.82) is 0 Å². The lowest BCUT2D eigenvalue weighted by molar-refractivity contribution is -0.0512. The Kier molecular flexibility index (Phi) is 6.36. The Morgan fingerprint density at radius 3 is 2.81 bits per heavy atom. The number of carbonyl (C=O) groups excluding carboxylic acids is 1. The summed E-state index contributed by atoms with van der Waals surface area (Å²) < 4.78 is 34.4. The van der Waals surface area contributed by atoms with Gasteiger partial charge in [-0.1, -0.05) is 12.1 Å². The Morgan fingerprint density at radius 2 is 2.11 bits per heavy atom. The number of thiazole rings is 1. The van der Waals surface area contributed by atoms with Gasteiger partial charge in [0.1, 0.15) is 10.7 Å². The van der Waals surface area contributed by atoms with Crippen LogP contribution in [0.2, 0.25) is 0 Å². The molecule has 1 amide bonds. The number of hydrogen-bond acceptors (Lipinski definition) is 6. The normalized spacial score (nSPS) is 10.8. The average molecular weight is 410 g/mol. The van der Waals surface area contributed by atoms with Gasteiger partial charge in [-0.3, -0.25) is 4.79 Å². The maximum Gasteiger partial charge on any atom is 0.387 e. The first kappa shape index (κ1) is 19.2. The van der Waals surface area contributed by atoms with Crippen molar-refractivity contribution in [1.82, 2.24) is 10.3 Å². The van der Waals surface area contributed by atoms with E-state index in [2.05, 4.69) is 15.0 Å². The number of methoxy groups -OCH3 is 1. The highest BCUT2D eigenvalue weighted by molar-refractivity contribution is 7.20. The van der Waals surface area contributed by atoms with E-state index >= 15 is 0 Å². The Labute approximate surface area is 162 Å². The number of nitrogens with zero attached hydrogens (tertiary/aromatic N) is 1. The summed E-state index contributed by atoms with van der Waals surface area (Å²) in [6, 6.07) is 8.66. The molecule has 0 atom stereocenters. The molecular weight excluding hydrogens is 394 g/mol. The zero-order valence-electron chi connectivity index (χ0n) is 14.3. The van der Waals surface area contributed by atoms with Crippen molar-refractivity contribution >= 4 is 28.6 Å². The third kappa shape index (κ3) is 5.01. The highest BCUT2D eigenvalue weighted by atomic mass is 32.1. The van der Waals surface area contributed by atoms with E-state index in [4.69, 9.17) is 4.74 Å². The smallest absolute Gasteiger partial charge is 0.387 e. The van der Waals surface area contributed by atoms with Gasteiger partial charge in [0.25, 0.3) is 5.91 Å². The molecule has 0 fully saturated rings. The second-order valence-corrected chi connectivity index (χ2v) is 7.19. The molecule has 0 saturated carbocycles. The molecule has 2 heterocycles. The summed E-state index contributed by atoms with van der Waals surface area (Å²) in [7, 11) is 1.38. The summed E-state index contributed by atoms with van der Waals surface area (Å²) in [6.45, 7) is -2.60. The van der Waals surface area contributed by atoms with Crippen LogP contribution in [0.15, 0.2) is 41.1 Å². The number of amides is 1. The number of halogens is 2. The van der Waals surface area contributed by atoms with Gasteiger partial charge in [-0.2, -0.15) is 8.78 Å².